The van der Waals surface area contributed by atoms with E-state index in [4.69, 9.17) is 10.5 Å². The molecule has 1 amide bonds. The van der Waals surface area contributed by atoms with Gasteiger partial charge in [-0.25, -0.2) is 4.79 Å². The van der Waals surface area contributed by atoms with Crippen molar-refractivity contribution >= 4 is 11.9 Å². The molecule has 0 aromatic heterocycles. The minimum atomic E-state index is -1.23. The van der Waals surface area contributed by atoms with Gasteiger partial charge in [0.25, 0.3) is 0 Å². The van der Waals surface area contributed by atoms with Crippen molar-refractivity contribution in [3.63, 3.8) is 0 Å². The third-order valence-electron chi connectivity index (χ3n) is 4.13. The second kappa shape index (κ2) is 4.29. The number of rotatable bonds is 4. The predicted molar refractivity (Wildman–Crippen MR) is 64.1 cm³/mol. The highest BCUT2D eigenvalue weighted by Gasteiger charge is 2.65. The van der Waals surface area contributed by atoms with Crippen LogP contribution in [0, 0.1) is 10.8 Å². The van der Waals surface area contributed by atoms with Gasteiger partial charge in [0.1, 0.15) is 0 Å². The monoisotopic (exact) mass is 242 g/mol. The fraction of sp³-hybridized carbons (Fsp3) is 0.833. The standard InChI is InChI=1S/C12H22N2O3/c1-6-17-9(16)7(13)8(15)14-10-11(2,3)12(10,4)5/h7,10H,6,13H2,1-5H3,(H,14,15). The van der Waals surface area contributed by atoms with Crippen LogP contribution < -0.4 is 11.1 Å². The number of carbonyl (C=O) groups is 2. The summed E-state index contributed by atoms with van der Waals surface area (Å²) in [6.45, 7) is 10.2. The summed E-state index contributed by atoms with van der Waals surface area (Å²) >= 11 is 0. The molecule has 1 rings (SSSR count). The van der Waals surface area contributed by atoms with Crippen LogP contribution in [0.4, 0.5) is 0 Å². The molecule has 0 saturated heterocycles. The molecule has 0 aromatic rings. The molecule has 1 saturated carbocycles. The van der Waals surface area contributed by atoms with Crippen LogP contribution in [0.1, 0.15) is 34.6 Å². The molecule has 0 heterocycles. The van der Waals surface area contributed by atoms with Gasteiger partial charge in [-0.05, 0) is 17.8 Å². The molecule has 98 valence electrons. The van der Waals surface area contributed by atoms with Crippen LogP contribution in [-0.2, 0) is 14.3 Å². The Morgan fingerprint density at radius 1 is 1.29 bits per heavy atom. The average Bonchev–Trinajstić information content (AvgIpc) is 2.60. The lowest BCUT2D eigenvalue weighted by molar-refractivity contribution is -0.148. The summed E-state index contributed by atoms with van der Waals surface area (Å²) in [5.74, 6) is -1.15. The zero-order chi connectivity index (χ0) is 13.4. The first-order valence-corrected chi connectivity index (χ1v) is 5.88. The van der Waals surface area contributed by atoms with E-state index >= 15 is 0 Å². The second-order valence-corrected chi connectivity index (χ2v) is 5.61. The number of carbonyl (C=O) groups excluding carboxylic acids is 2. The SMILES string of the molecule is CCOC(=O)C(N)C(=O)NC1C(C)(C)C1(C)C. The van der Waals surface area contributed by atoms with E-state index in [1.165, 1.54) is 0 Å². The van der Waals surface area contributed by atoms with Crippen molar-refractivity contribution in [2.45, 2.75) is 46.7 Å². The minimum absolute atomic E-state index is 0.0248. The molecule has 0 radical (unpaired) electrons. The molecular formula is C12H22N2O3. The van der Waals surface area contributed by atoms with E-state index < -0.39 is 17.9 Å². The van der Waals surface area contributed by atoms with E-state index in [1.54, 1.807) is 6.92 Å². The van der Waals surface area contributed by atoms with Crippen molar-refractivity contribution in [1.82, 2.24) is 5.32 Å². The Hall–Kier alpha value is -1.10. The van der Waals surface area contributed by atoms with Gasteiger partial charge in [-0.1, -0.05) is 27.7 Å². The van der Waals surface area contributed by atoms with E-state index in [-0.39, 0.29) is 23.5 Å². The van der Waals surface area contributed by atoms with Crippen LogP contribution in [0.15, 0.2) is 0 Å². The van der Waals surface area contributed by atoms with Gasteiger partial charge in [0.2, 0.25) is 5.91 Å². The molecule has 0 aliphatic heterocycles. The smallest absolute Gasteiger partial charge is 0.332 e. The average molecular weight is 242 g/mol. The van der Waals surface area contributed by atoms with E-state index in [9.17, 15) is 9.59 Å². The van der Waals surface area contributed by atoms with Gasteiger partial charge in [-0.2, -0.15) is 0 Å². The Balaban J connectivity index is 2.55. The largest absolute Gasteiger partial charge is 0.464 e. The third-order valence-corrected chi connectivity index (χ3v) is 4.13. The highest BCUT2D eigenvalue weighted by molar-refractivity contribution is 6.02. The van der Waals surface area contributed by atoms with Crippen LogP contribution in [0.5, 0.6) is 0 Å². The molecule has 1 unspecified atom stereocenters. The van der Waals surface area contributed by atoms with Crippen LogP contribution in [0.3, 0.4) is 0 Å². The zero-order valence-electron chi connectivity index (χ0n) is 11.2. The fourth-order valence-corrected chi connectivity index (χ4v) is 2.13. The molecular weight excluding hydrogens is 220 g/mol. The van der Waals surface area contributed by atoms with Gasteiger partial charge in [0, 0.05) is 6.04 Å². The zero-order valence-corrected chi connectivity index (χ0v) is 11.2. The molecule has 0 aromatic carbocycles. The number of hydrogen-bond donors (Lipinski definition) is 2. The van der Waals surface area contributed by atoms with Gasteiger partial charge in [0.05, 0.1) is 6.61 Å². The first-order valence-electron chi connectivity index (χ1n) is 5.88. The van der Waals surface area contributed by atoms with Crippen molar-refractivity contribution in [3.8, 4) is 0 Å². The number of nitrogens with one attached hydrogen (secondary N) is 1. The van der Waals surface area contributed by atoms with Crippen molar-refractivity contribution < 1.29 is 14.3 Å². The number of hydrogen-bond acceptors (Lipinski definition) is 4. The summed E-state index contributed by atoms with van der Waals surface area (Å²) in [6.07, 6.45) is 0. The summed E-state index contributed by atoms with van der Waals surface area (Å²) in [6, 6.07) is -1.19. The lowest BCUT2D eigenvalue weighted by Gasteiger charge is -2.12. The number of ether oxygens (including phenoxy) is 1. The Kier molecular flexibility index (Phi) is 3.52. The normalized spacial score (nSPS) is 22.7. The molecule has 1 atom stereocenters. The lowest BCUT2D eigenvalue weighted by atomic mass is 10.0. The molecule has 1 aliphatic rings. The van der Waals surface area contributed by atoms with Crippen molar-refractivity contribution in [3.05, 3.63) is 0 Å². The summed E-state index contributed by atoms with van der Waals surface area (Å²) in [5, 5.41) is 2.81. The number of nitrogens with two attached hydrogens (primary N) is 1. The summed E-state index contributed by atoms with van der Waals surface area (Å²) in [4.78, 5) is 23.0. The van der Waals surface area contributed by atoms with Crippen LogP contribution in [0.2, 0.25) is 0 Å². The van der Waals surface area contributed by atoms with Crippen molar-refractivity contribution in [1.29, 1.82) is 0 Å². The summed E-state index contributed by atoms with van der Waals surface area (Å²) < 4.78 is 4.71. The molecule has 5 nitrogen and oxygen atoms in total. The molecule has 5 heteroatoms. The third kappa shape index (κ3) is 2.29. The second-order valence-electron chi connectivity index (χ2n) is 5.61. The van der Waals surface area contributed by atoms with E-state index in [1.807, 2.05) is 0 Å². The molecule has 0 spiro atoms. The van der Waals surface area contributed by atoms with Crippen LogP contribution in [0.25, 0.3) is 0 Å². The van der Waals surface area contributed by atoms with Crippen LogP contribution >= 0.6 is 0 Å². The van der Waals surface area contributed by atoms with Crippen molar-refractivity contribution in [2.75, 3.05) is 6.61 Å². The van der Waals surface area contributed by atoms with E-state index in [0.717, 1.165) is 0 Å². The Labute approximate surface area is 102 Å². The van der Waals surface area contributed by atoms with Gasteiger partial charge < -0.3 is 15.8 Å². The predicted octanol–water partition coefficient (Wildman–Crippen LogP) is 0.428. The maximum atomic E-state index is 11.7. The first kappa shape index (κ1) is 14.0. The Morgan fingerprint density at radius 2 is 1.76 bits per heavy atom. The first-order chi connectivity index (χ1) is 7.66. The summed E-state index contributed by atoms with van der Waals surface area (Å²) in [7, 11) is 0. The van der Waals surface area contributed by atoms with Crippen LogP contribution in [-0.4, -0.2) is 30.6 Å². The van der Waals surface area contributed by atoms with Gasteiger partial charge >= 0.3 is 5.97 Å². The molecule has 1 fully saturated rings. The van der Waals surface area contributed by atoms with Gasteiger partial charge in [0.15, 0.2) is 6.04 Å². The van der Waals surface area contributed by atoms with Crippen molar-refractivity contribution in [2.24, 2.45) is 16.6 Å². The quantitative estimate of drug-likeness (QED) is 0.553. The maximum absolute atomic E-state index is 11.7. The molecule has 0 bridgehead atoms. The number of esters is 1. The highest BCUT2D eigenvalue weighted by atomic mass is 16.5. The highest BCUT2D eigenvalue weighted by Crippen LogP contribution is 2.62. The fourth-order valence-electron chi connectivity index (χ4n) is 2.13. The molecule has 3 N–H and O–H groups in total. The summed E-state index contributed by atoms with van der Waals surface area (Å²) in [5.41, 5.74) is 5.56. The molecule has 17 heavy (non-hydrogen) atoms. The maximum Gasteiger partial charge on any atom is 0.332 e. The molecule has 1 aliphatic carbocycles. The van der Waals surface area contributed by atoms with Gasteiger partial charge in [-0.15, -0.1) is 0 Å². The topological polar surface area (TPSA) is 81.4 Å². The minimum Gasteiger partial charge on any atom is -0.464 e. The Morgan fingerprint density at radius 3 is 2.12 bits per heavy atom. The lowest BCUT2D eigenvalue weighted by Crippen LogP contribution is -2.48. The van der Waals surface area contributed by atoms with Gasteiger partial charge in [-0.3, -0.25) is 4.79 Å². The van der Waals surface area contributed by atoms with E-state index in [2.05, 4.69) is 33.0 Å². The number of amides is 1. The Bertz CT molecular complexity index is 323. The van der Waals surface area contributed by atoms with E-state index in [0.29, 0.717) is 0 Å².